The molecule has 0 aliphatic rings. The molecule has 0 bridgehead atoms. The highest BCUT2D eigenvalue weighted by Crippen LogP contribution is 2.31. The molecule has 1 amide bonds. The number of hydrogen-bond acceptors (Lipinski definition) is 6. The number of halogens is 3. The van der Waals surface area contributed by atoms with Crippen LogP contribution >= 0.6 is 11.8 Å². The number of carbonyl (C=O) groups excluding carboxylic acids is 1. The fourth-order valence-corrected chi connectivity index (χ4v) is 4.92. The molecule has 2 aromatic carbocycles. The largest absolute Gasteiger partial charge is 0.416 e. The van der Waals surface area contributed by atoms with E-state index < -0.39 is 43.2 Å². The molecule has 2 N–H and O–H groups in total. The molecule has 3 aromatic rings. The van der Waals surface area contributed by atoms with Crippen LogP contribution in [-0.4, -0.2) is 29.5 Å². The number of aromatic amines is 1. The summed E-state index contributed by atoms with van der Waals surface area (Å²) in [6, 6.07) is 11.6. The summed E-state index contributed by atoms with van der Waals surface area (Å²) in [5, 5.41) is 1.61. The maximum Gasteiger partial charge on any atom is 0.416 e. The van der Waals surface area contributed by atoms with Gasteiger partial charge in [-0.05, 0) is 36.8 Å². The SMILES string of the molecule is CC[C@H](Sc1ncc(S(=O)(=O)c2ccccc2)c(=O)[nH]1)C(=O)Nc1cccc(C(F)(F)F)c1. The fraction of sp³-hybridized carbons (Fsp3) is 0.190. The molecule has 0 saturated carbocycles. The number of amides is 1. The zero-order valence-corrected chi connectivity index (χ0v) is 18.7. The molecule has 0 fully saturated rings. The number of aromatic nitrogens is 2. The van der Waals surface area contributed by atoms with Crippen LogP contribution in [0.1, 0.15) is 18.9 Å². The van der Waals surface area contributed by atoms with Crippen molar-refractivity contribution in [2.24, 2.45) is 0 Å². The van der Waals surface area contributed by atoms with Crippen molar-refractivity contribution in [3.63, 3.8) is 0 Å². The van der Waals surface area contributed by atoms with Crippen molar-refractivity contribution in [1.82, 2.24) is 9.97 Å². The number of thioether (sulfide) groups is 1. The van der Waals surface area contributed by atoms with Gasteiger partial charge in [-0.15, -0.1) is 0 Å². The Hall–Kier alpha value is -3.12. The minimum atomic E-state index is -4.55. The Morgan fingerprint density at radius 3 is 2.45 bits per heavy atom. The molecule has 0 spiro atoms. The number of alkyl halides is 3. The summed E-state index contributed by atoms with van der Waals surface area (Å²) < 4.78 is 63.9. The highest BCUT2D eigenvalue weighted by Gasteiger charge is 2.31. The van der Waals surface area contributed by atoms with E-state index in [0.29, 0.717) is 0 Å². The van der Waals surface area contributed by atoms with Gasteiger partial charge in [0, 0.05) is 5.69 Å². The van der Waals surface area contributed by atoms with E-state index >= 15 is 0 Å². The lowest BCUT2D eigenvalue weighted by molar-refractivity contribution is -0.137. The molecule has 0 aliphatic heterocycles. The van der Waals surface area contributed by atoms with Crippen molar-refractivity contribution in [2.45, 2.75) is 39.7 Å². The van der Waals surface area contributed by atoms with Gasteiger partial charge in [0.2, 0.25) is 15.7 Å². The van der Waals surface area contributed by atoms with Gasteiger partial charge in [-0.3, -0.25) is 9.59 Å². The molecule has 0 aliphatic carbocycles. The molecule has 1 aromatic heterocycles. The summed E-state index contributed by atoms with van der Waals surface area (Å²) in [5.74, 6) is -0.592. The summed E-state index contributed by atoms with van der Waals surface area (Å²) >= 11 is 0.859. The second-order valence-corrected chi connectivity index (χ2v) is 9.89. The van der Waals surface area contributed by atoms with E-state index in [1.54, 1.807) is 13.0 Å². The Balaban J connectivity index is 1.77. The van der Waals surface area contributed by atoms with Crippen molar-refractivity contribution in [1.29, 1.82) is 0 Å². The van der Waals surface area contributed by atoms with E-state index in [2.05, 4.69) is 15.3 Å². The Morgan fingerprint density at radius 1 is 1.15 bits per heavy atom. The van der Waals surface area contributed by atoms with E-state index in [4.69, 9.17) is 0 Å². The van der Waals surface area contributed by atoms with Crippen LogP contribution in [0.25, 0.3) is 0 Å². The summed E-state index contributed by atoms with van der Waals surface area (Å²) in [6.07, 6.45) is -3.37. The summed E-state index contributed by atoms with van der Waals surface area (Å²) in [7, 11) is -4.08. The Bertz CT molecular complexity index is 1310. The molecule has 33 heavy (non-hydrogen) atoms. The second-order valence-electron chi connectivity index (χ2n) is 6.78. The predicted octanol–water partition coefficient (Wildman–Crippen LogP) is 4.13. The number of nitrogens with one attached hydrogen (secondary N) is 2. The van der Waals surface area contributed by atoms with Crippen LogP contribution < -0.4 is 10.9 Å². The molecule has 174 valence electrons. The van der Waals surface area contributed by atoms with Crippen molar-refractivity contribution >= 4 is 33.2 Å². The maximum atomic E-state index is 12.9. The van der Waals surface area contributed by atoms with Gasteiger partial charge in [-0.25, -0.2) is 13.4 Å². The van der Waals surface area contributed by atoms with Crippen molar-refractivity contribution in [3.8, 4) is 0 Å². The van der Waals surface area contributed by atoms with Gasteiger partial charge >= 0.3 is 6.18 Å². The number of carbonyl (C=O) groups is 1. The summed E-state index contributed by atoms with van der Waals surface area (Å²) in [4.78, 5) is 30.7. The lowest BCUT2D eigenvalue weighted by Gasteiger charge is -2.15. The van der Waals surface area contributed by atoms with Gasteiger partial charge in [-0.2, -0.15) is 13.2 Å². The summed E-state index contributed by atoms with van der Waals surface area (Å²) in [6.45, 7) is 1.68. The first kappa shape index (κ1) is 24.5. The van der Waals surface area contributed by atoms with Gasteiger partial charge in [-0.1, -0.05) is 43.0 Å². The molecular formula is C21H18F3N3O4S2. The highest BCUT2D eigenvalue weighted by atomic mass is 32.2. The first-order chi connectivity index (χ1) is 15.5. The minimum absolute atomic E-state index is 0.00180. The molecule has 0 unspecified atom stereocenters. The fourth-order valence-electron chi connectivity index (χ4n) is 2.80. The van der Waals surface area contributed by atoms with Gasteiger partial charge < -0.3 is 10.3 Å². The molecule has 7 nitrogen and oxygen atoms in total. The number of H-pyrrole nitrogens is 1. The zero-order valence-electron chi connectivity index (χ0n) is 17.1. The number of anilines is 1. The molecule has 3 rings (SSSR count). The van der Waals surface area contributed by atoms with Crippen LogP contribution in [0.2, 0.25) is 0 Å². The van der Waals surface area contributed by atoms with Gasteiger partial charge in [0.15, 0.2) is 10.1 Å². The normalized spacial score (nSPS) is 12.8. The average Bonchev–Trinajstić information content (AvgIpc) is 2.77. The van der Waals surface area contributed by atoms with Crippen LogP contribution in [0.5, 0.6) is 0 Å². The molecule has 1 heterocycles. The number of hydrogen-bond donors (Lipinski definition) is 2. The molecular weight excluding hydrogens is 479 g/mol. The Morgan fingerprint density at radius 2 is 1.85 bits per heavy atom. The Labute approximate surface area is 191 Å². The highest BCUT2D eigenvalue weighted by molar-refractivity contribution is 8.00. The van der Waals surface area contributed by atoms with Gasteiger partial charge in [0.25, 0.3) is 5.56 Å². The van der Waals surface area contributed by atoms with Gasteiger partial charge in [0.1, 0.15) is 0 Å². The van der Waals surface area contributed by atoms with E-state index in [0.717, 1.165) is 30.1 Å². The average molecular weight is 498 g/mol. The number of rotatable bonds is 7. The first-order valence-corrected chi connectivity index (χ1v) is 11.9. The minimum Gasteiger partial charge on any atom is -0.325 e. The van der Waals surface area contributed by atoms with Crippen LogP contribution in [0.15, 0.2) is 80.5 Å². The predicted molar refractivity (Wildman–Crippen MR) is 117 cm³/mol. The Kier molecular flexibility index (Phi) is 7.28. The van der Waals surface area contributed by atoms with E-state index in [1.807, 2.05) is 0 Å². The van der Waals surface area contributed by atoms with Crippen molar-refractivity contribution in [2.75, 3.05) is 5.32 Å². The van der Waals surface area contributed by atoms with Crippen molar-refractivity contribution in [3.05, 3.63) is 76.7 Å². The number of nitrogens with zero attached hydrogens (tertiary/aromatic N) is 1. The number of sulfone groups is 1. The third-order valence-corrected chi connectivity index (χ3v) is 7.49. The van der Waals surface area contributed by atoms with Gasteiger partial charge in [0.05, 0.1) is 21.9 Å². The first-order valence-electron chi connectivity index (χ1n) is 9.56. The molecule has 0 saturated heterocycles. The second kappa shape index (κ2) is 9.79. The van der Waals surface area contributed by atoms with Crippen LogP contribution in [0.4, 0.5) is 18.9 Å². The van der Waals surface area contributed by atoms with E-state index in [-0.39, 0.29) is 22.2 Å². The third-order valence-electron chi connectivity index (χ3n) is 4.46. The zero-order chi connectivity index (χ0) is 24.2. The molecule has 0 radical (unpaired) electrons. The van der Waals surface area contributed by atoms with Crippen LogP contribution in [0, 0.1) is 0 Å². The van der Waals surface area contributed by atoms with E-state index in [1.165, 1.54) is 36.4 Å². The van der Waals surface area contributed by atoms with Crippen molar-refractivity contribution < 1.29 is 26.4 Å². The topological polar surface area (TPSA) is 109 Å². The summed E-state index contributed by atoms with van der Waals surface area (Å²) in [5.41, 5.74) is -1.83. The number of benzene rings is 2. The van der Waals surface area contributed by atoms with E-state index in [9.17, 15) is 31.2 Å². The van der Waals surface area contributed by atoms with Crippen LogP contribution in [0.3, 0.4) is 0 Å². The standard InChI is InChI=1S/C21H18F3N3O4S2/c1-2-16(18(28)26-14-8-6-7-13(11-14)21(22,23)24)32-20-25-12-17(19(29)27-20)33(30,31)15-9-4-3-5-10-15/h3-12,16H,2H2,1H3,(H,26,28)(H,25,27,29)/t16-/m0/s1. The monoisotopic (exact) mass is 497 g/mol. The lowest BCUT2D eigenvalue weighted by atomic mass is 10.2. The van der Waals surface area contributed by atoms with Crippen LogP contribution in [-0.2, 0) is 20.8 Å². The quantitative estimate of drug-likeness (QED) is 0.375. The lowest BCUT2D eigenvalue weighted by Crippen LogP contribution is -2.26. The molecule has 1 atom stereocenters. The smallest absolute Gasteiger partial charge is 0.325 e. The molecule has 12 heteroatoms. The third kappa shape index (κ3) is 5.82. The maximum absolute atomic E-state index is 12.9.